The topological polar surface area (TPSA) is 136 Å². The van der Waals surface area contributed by atoms with Crippen LogP contribution in [0.4, 0.5) is 4.39 Å². The van der Waals surface area contributed by atoms with Gasteiger partial charge in [-0.2, -0.15) is 0 Å². The first-order valence-electron chi connectivity index (χ1n) is 5.77. The third-order valence-electron chi connectivity index (χ3n) is 2.78. The lowest BCUT2D eigenvalue weighted by molar-refractivity contribution is -0.148. The van der Waals surface area contributed by atoms with E-state index in [-0.39, 0.29) is 0 Å². The van der Waals surface area contributed by atoms with E-state index in [1.165, 1.54) is 0 Å². The number of hydrogen-bond acceptors (Lipinski definition) is 6. The van der Waals surface area contributed by atoms with Crippen LogP contribution in [-0.2, 0) is 14.3 Å². The number of carboxylic acid groups (broad SMARTS) is 1. The average molecular weight is 293 g/mol. The SMILES string of the molecule is CC(=O)N[C@H]1[C@H]([C@H](O)[C@H](O)CF)OC(C(=O)O)=C[C@@H]1O. The Kier molecular flexibility index (Phi) is 5.43. The molecule has 0 aromatic carbocycles. The second kappa shape index (κ2) is 6.64. The molecule has 20 heavy (non-hydrogen) atoms. The number of carbonyl (C=O) groups excluding carboxylic acids is 1. The number of aliphatic carboxylic acids is 1. The van der Waals surface area contributed by atoms with Gasteiger partial charge in [0.1, 0.15) is 25.0 Å². The van der Waals surface area contributed by atoms with Gasteiger partial charge in [0.05, 0.1) is 6.04 Å². The first kappa shape index (κ1) is 16.3. The number of halogens is 1. The Bertz CT molecular complexity index is 414. The van der Waals surface area contributed by atoms with Gasteiger partial charge >= 0.3 is 5.97 Å². The first-order chi connectivity index (χ1) is 9.27. The van der Waals surface area contributed by atoms with Crippen LogP contribution >= 0.6 is 0 Å². The zero-order valence-corrected chi connectivity index (χ0v) is 10.6. The molecule has 9 heteroatoms. The summed E-state index contributed by atoms with van der Waals surface area (Å²) >= 11 is 0. The maximum atomic E-state index is 12.4. The van der Waals surface area contributed by atoms with Crippen LogP contribution in [0.1, 0.15) is 6.92 Å². The number of amides is 1. The minimum atomic E-state index is -1.84. The molecule has 0 bridgehead atoms. The lowest BCUT2D eigenvalue weighted by Gasteiger charge is -2.37. The summed E-state index contributed by atoms with van der Waals surface area (Å²) in [5.74, 6) is -2.73. The van der Waals surface area contributed by atoms with Crippen LogP contribution in [-0.4, -0.2) is 69.4 Å². The molecule has 0 unspecified atom stereocenters. The van der Waals surface area contributed by atoms with E-state index >= 15 is 0 Å². The fraction of sp³-hybridized carbons (Fsp3) is 0.636. The van der Waals surface area contributed by atoms with E-state index in [1.54, 1.807) is 0 Å². The zero-order valence-electron chi connectivity index (χ0n) is 10.6. The van der Waals surface area contributed by atoms with Crippen LogP contribution < -0.4 is 5.32 Å². The largest absolute Gasteiger partial charge is 0.478 e. The van der Waals surface area contributed by atoms with Crippen LogP contribution in [0.2, 0.25) is 0 Å². The molecule has 114 valence electrons. The minimum Gasteiger partial charge on any atom is -0.478 e. The van der Waals surface area contributed by atoms with Gasteiger partial charge in [-0.05, 0) is 6.08 Å². The fourth-order valence-corrected chi connectivity index (χ4v) is 1.83. The van der Waals surface area contributed by atoms with E-state index in [0.29, 0.717) is 0 Å². The Labute approximate surface area is 113 Å². The van der Waals surface area contributed by atoms with Crippen molar-refractivity contribution < 1.29 is 39.1 Å². The van der Waals surface area contributed by atoms with E-state index in [1.807, 2.05) is 0 Å². The molecule has 5 N–H and O–H groups in total. The van der Waals surface area contributed by atoms with Gasteiger partial charge in [0.15, 0.2) is 6.10 Å². The molecule has 1 aliphatic heterocycles. The lowest BCUT2D eigenvalue weighted by atomic mass is 9.94. The zero-order chi connectivity index (χ0) is 15.4. The molecule has 0 spiro atoms. The van der Waals surface area contributed by atoms with E-state index in [4.69, 9.17) is 9.84 Å². The summed E-state index contributed by atoms with van der Waals surface area (Å²) < 4.78 is 17.3. The van der Waals surface area contributed by atoms with E-state index < -0.39 is 54.8 Å². The third-order valence-corrected chi connectivity index (χ3v) is 2.78. The highest BCUT2D eigenvalue weighted by Crippen LogP contribution is 2.23. The van der Waals surface area contributed by atoms with Crippen molar-refractivity contribution in [1.29, 1.82) is 0 Å². The quantitative estimate of drug-likeness (QED) is 0.392. The summed E-state index contributed by atoms with van der Waals surface area (Å²) in [6.07, 6.45) is -5.79. The third kappa shape index (κ3) is 3.65. The number of aliphatic hydroxyl groups is 3. The highest BCUT2D eigenvalue weighted by atomic mass is 19.1. The van der Waals surface area contributed by atoms with Crippen molar-refractivity contribution >= 4 is 11.9 Å². The number of nitrogens with one attached hydrogen (secondary N) is 1. The highest BCUT2D eigenvalue weighted by Gasteiger charge is 2.43. The number of rotatable bonds is 5. The van der Waals surface area contributed by atoms with Gasteiger partial charge < -0.3 is 30.5 Å². The normalized spacial score (nSPS) is 28.9. The molecule has 8 nitrogen and oxygen atoms in total. The van der Waals surface area contributed by atoms with Crippen molar-refractivity contribution in [1.82, 2.24) is 5.32 Å². The Hall–Kier alpha value is -1.71. The highest BCUT2D eigenvalue weighted by molar-refractivity contribution is 5.84. The number of aliphatic hydroxyl groups excluding tert-OH is 3. The van der Waals surface area contributed by atoms with Gasteiger partial charge in [0.25, 0.3) is 0 Å². The molecule has 1 aliphatic rings. The first-order valence-corrected chi connectivity index (χ1v) is 5.77. The molecule has 0 saturated heterocycles. The Balaban J connectivity index is 3.04. The van der Waals surface area contributed by atoms with Gasteiger partial charge in [0, 0.05) is 6.92 Å². The number of hydrogen-bond donors (Lipinski definition) is 5. The van der Waals surface area contributed by atoms with Crippen molar-refractivity contribution in [2.45, 2.75) is 37.4 Å². The van der Waals surface area contributed by atoms with Crippen molar-refractivity contribution in [2.75, 3.05) is 6.67 Å². The minimum absolute atomic E-state index is 0.572. The maximum absolute atomic E-state index is 12.4. The number of ether oxygens (including phenoxy) is 1. The standard InChI is InChI=1S/C11H16FNO7/c1-4(14)13-8-5(15)2-7(11(18)19)20-10(8)9(17)6(16)3-12/h2,5-6,8-10,15-17H,3H2,1H3,(H,13,14)(H,18,19)/t5-,6+,8+,9+,10+/m0/s1. The predicted octanol–water partition coefficient (Wildman–Crippen LogP) is -2.09. The molecule has 0 aliphatic carbocycles. The molecule has 1 amide bonds. The summed E-state index contributed by atoms with van der Waals surface area (Å²) in [4.78, 5) is 21.9. The monoisotopic (exact) mass is 293 g/mol. The molecule has 0 fully saturated rings. The van der Waals surface area contributed by atoms with Crippen LogP contribution in [0.5, 0.6) is 0 Å². The van der Waals surface area contributed by atoms with Gasteiger partial charge in [-0.1, -0.05) is 0 Å². The molecule has 0 saturated carbocycles. The average Bonchev–Trinajstić information content (AvgIpc) is 2.38. The van der Waals surface area contributed by atoms with E-state index in [0.717, 1.165) is 13.0 Å². The molecule has 0 aromatic heterocycles. The van der Waals surface area contributed by atoms with Crippen LogP contribution in [0.15, 0.2) is 11.8 Å². The number of carboxylic acids is 1. The molecular weight excluding hydrogens is 277 g/mol. The van der Waals surface area contributed by atoms with Crippen LogP contribution in [0.3, 0.4) is 0 Å². The molecule has 5 atom stereocenters. The van der Waals surface area contributed by atoms with Gasteiger partial charge in [0.2, 0.25) is 11.7 Å². The van der Waals surface area contributed by atoms with Crippen molar-refractivity contribution in [3.63, 3.8) is 0 Å². The van der Waals surface area contributed by atoms with Crippen molar-refractivity contribution in [3.8, 4) is 0 Å². The smallest absolute Gasteiger partial charge is 0.370 e. The second-order valence-electron chi connectivity index (χ2n) is 4.35. The second-order valence-corrected chi connectivity index (χ2v) is 4.35. The Morgan fingerprint density at radius 2 is 2.10 bits per heavy atom. The fourth-order valence-electron chi connectivity index (χ4n) is 1.83. The predicted molar refractivity (Wildman–Crippen MR) is 62.2 cm³/mol. The summed E-state index contributed by atoms with van der Waals surface area (Å²) in [5.41, 5.74) is 0. The summed E-state index contributed by atoms with van der Waals surface area (Å²) in [5, 5.41) is 39.9. The summed E-state index contributed by atoms with van der Waals surface area (Å²) in [6.45, 7) is -0.159. The van der Waals surface area contributed by atoms with Crippen LogP contribution in [0, 0.1) is 0 Å². The van der Waals surface area contributed by atoms with Crippen LogP contribution in [0.25, 0.3) is 0 Å². The van der Waals surface area contributed by atoms with E-state index in [2.05, 4.69) is 5.32 Å². The van der Waals surface area contributed by atoms with Gasteiger partial charge in [-0.3, -0.25) is 4.79 Å². The van der Waals surface area contributed by atoms with Gasteiger partial charge in [-0.25, -0.2) is 9.18 Å². The number of carbonyl (C=O) groups is 2. The maximum Gasteiger partial charge on any atom is 0.370 e. The summed E-state index contributed by atoms with van der Waals surface area (Å²) in [7, 11) is 0. The van der Waals surface area contributed by atoms with E-state index in [9.17, 15) is 29.3 Å². The Morgan fingerprint density at radius 3 is 2.55 bits per heavy atom. The molecule has 0 radical (unpaired) electrons. The Morgan fingerprint density at radius 1 is 1.50 bits per heavy atom. The van der Waals surface area contributed by atoms with Crippen molar-refractivity contribution in [2.24, 2.45) is 0 Å². The van der Waals surface area contributed by atoms with Gasteiger partial charge in [-0.15, -0.1) is 0 Å². The van der Waals surface area contributed by atoms with Crippen molar-refractivity contribution in [3.05, 3.63) is 11.8 Å². The lowest BCUT2D eigenvalue weighted by Crippen LogP contribution is -2.59. The molecular formula is C11H16FNO7. The number of alkyl halides is 1. The summed E-state index contributed by atoms with van der Waals surface area (Å²) in [6, 6.07) is -1.22. The molecule has 1 rings (SSSR count). The molecule has 1 heterocycles. The molecule has 0 aromatic rings.